The van der Waals surface area contributed by atoms with Crippen molar-refractivity contribution < 1.29 is 9.47 Å². The second-order valence-electron chi connectivity index (χ2n) is 6.16. The van der Waals surface area contributed by atoms with Gasteiger partial charge < -0.3 is 9.47 Å². The molecule has 0 aliphatic carbocycles. The highest BCUT2D eigenvalue weighted by Crippen LogP contribution is 2.31. The number of ether oxygens (including phenoxy) is 2. The highest BCUT2D eigenvalue weighted by molar-refractivity contribution is 5.40. The average Bonchev–Trinajstić information content (AvgIpc) is 2.37. The molecule has 0 radical (unpaired) electrons. The molecule has 2 heterocycles. The number of hydrogen-bond acceptors (Lipinski definition) is 3. The zero-order chi connectivity index (χ0) is 13.2. The van der Waals surface area contributed by atoms with Gasteiger partial charge in [0.05, 0.1) is 0 Å². The second kappa shape index (κ2) is 5.41. The summed E-state index contributed by atoms with van der Waals surface area (Å²) in [5.41, 5.74) is 0. The van der Waals surface area contributed by atoms with E-state index in [-0.39, 0.29) is 6.10 Å². The molecule has 3 heteroatoms. The summed E-state index contributed by atoms with van der Waals surface area (Å²) in [6.07, 6.45) is 1.51. The maximum Gasteiger partial charge on any atom is 0.161 e. The van der Waals surface area contributed by atoms with Crippen LogP contribution in [-0.4, -0.2) is 37.2 Å². The lowest BCUT2D eigenvalue weighted by atomic mass is 9.92. The molecule has 3 atom stereocenters. The van der Waals surface area contributed by atoms with Gasteiger partial charge >= 0.3 is 0 Å². The van der Waals surface area contributed by atoms with Crippen molar-refractivity contribution in [2.75, 3.05) is 26.2 Å². The van der Waals surface area contributed by atoms with E-state index in [2.05, 4.69) is 18.7 Å². The van der Waals surface area contributed by atoms with Gasteiger partial charge in [0.25, 0.3) is 0 Å². The topological polar surface area (TPSA) is 21.7 Å². The smallest absolute Gasteiger partial charge is 0.161 e. The van der Waals surface area contributed by atoms with Crippen molar-refractivity contribution in [2.45, 2.75) is 26.4 Å². The van der Waals surface area contributed by atoms with Crippen molar-refractivity contribution in [3.05, 3.63) is 24.3 Å². The summed E-state index contributed by atoms with van der Waals surface area (Å²) in [5.74, 6) is 3.34. The first-order chi connectivity index (χ1) is 9.20. The fourth-order valence-corrected chi connectivity index (χ4v) is 3.38. The predicted octanol–water partition coefficient (Wildman–Crippen LogP) is 2.80. The normalized spacial score (nSPS) is 31.2. The Morgan fingerprint density at radius 3 is 2.53 bits per heavy atom. The van der Waals surface area contributed by atoms with E-state index in [1.165, 1.54) is 19.5 Å². The maximum absolute atomic E-state index is 6.04. The molecule has 0 amide bonds. The van der Waals surface area contributed by atoms with Gasteiger partial charge in [0.15, 0.2) is 11.5 Å². The molecule has 1 fully saturated rings. The molecular weight excluding hydrogens is 238 g/mol. The summed E-state index contributed by atoms with van der Waals surface area (Å²) >= 11 is 0. The summed E-state index contributed by atoms with van der Waals surface area (Å²) in [4.78, 5) is 2.53. The van der Waals surface area contributed by atoms with Crippen LogP contribution >= 0.6 is 0 Å². The van der Waals surface area contributed by atoms with Gasteiger partial charge in [-0.1, -0.05) is 26.0 Å². The molecule has 0 N–H and O–H groups in total. The van der Waals surface area contributed by atoms with Gasteiger partial charge in [0, 0.05) is 19.6 Å². The minimum atomic E-state index is 0.160. The van der Waals surface area contributed by atoms with Gasteiger partial charge in [0.1, 0.15) is 12.7 Å². The Bertz CT molecular complexity index is 425. The third-order valence-corrected chi connectivity index (χ3v) is 3.97. The van der Waals surface area contributed by atoms with Crippen molar-refractivity contribution in [3.63, 3.8) is 0 Å². The molecule has 3 unspecified atom stereocenters. The maximum atomic E-state index is 6.04. The van der Waals surface area contributed by atoms with E-state index in [1.54, 1.807) is 0 Å². The fourth-order valence-electron chi connectivity index (χ4n) is 3.38. The molecule has 0 saturated carbocycles. The molecular formula is C16H23NO2. The Hall–Kier alpha value is -1.22. The summed E-state index contributed by atoms with van der Waals surface area (Å²) in [6.45, 7) is 8.70. The predicted molar refractivity (Wildman–Crippen MR) is 75.7 cm³/mol. The first-order valence-corrected chi connectivity index (χ1v) is 7.31. The number of piperidine rings is 1. The number of benzene rings is 1. The Kier molecular flexibility index (Phi) is 3.65. The zero-order valence-corrected chi connectivity index (χ0v) is 11.8. The van der Waals surface area contributed by atoms with Gasteiger partial charge in [-0.15, -0.1) is 0 Å². The van der Waals surface area contributed by atoms with Crippen LogP contribution in [0.1, 0.15) is 20.3 Å². The lowest BCUT2D eigenvalue weighted by molar-refractivity contribution is 0.0373. The molecule has 0 aromatic heterocycles. The number of likely N-dealkylation sites (tertiary alicyclic amines) is 1. The van der Waals surface area contributed by atoms with Crippen molar-refractivity contribution in [3.8, 4) is 11.5 Å². The number of rotatable bonds is 2. The third kappa shape index (κ3) is 3.03. The van der Waals surface area contributed by atoms with E-state index in [1.807, 2.05) is 24.3 Å². The van der Waals surface area contributed by atoms with Crippen LogP contribution in [0.4, 0.5) is 0 Å². The Balaban J connectivity index is 1.60. The van der Waals surface area contributed by atoms with Crippen LogP contribution in [0, 0.1) is 11.8 Å². The van der Waals surface area contributed by atoms with Crippen LogP contribution in [0.25, 0.3) is 0 Å². The van der Waals surface area contributed by atoms with Crippen molar-refractivity contribution in [2.24, 2.45) is 11.8 Å². The number of fused-ring (bicyclic) bond motifs is 1. The third-order valence-electron chi connectivity index (χ3n) is 3.97. The summed E-state index contributed by atoms with van der Waals surface area (Å²) in [5, 5.41) is 0. The van der Waals surface area contributed by atoms with Crippen molar-refractivity contribution in [1.29, 1.82) is 0 Å². The highest BCUT2D eigenvalue weighted by Gasteiger charge is 2.27. The van der Waals surface area contributed by atoms with Gasteiger partial charge in [-0.3, -0.25) is 4.90 Å². The van der Waals surface area contributed by atoms with Gasteiger partial charge in [-0.05, 0) is 30.4 Å². The molecule has 104 valence electrons. The molecule has 2 aliphatic heterocycles. The lowest BCUT2D eigenvalue weighted by Gasteiger charge is -2.37. The highest BCUT2D eigenvalue weighted by atomic mass is 16.6. The zero-order valence-electron chi connectivity index (χ0n) is 11.8. The summed E-state index contributed by atoms with van der Waals surface area (Å²) < 4.78 is 11.8. The van der Waals surface area contributed by atoms with Crippen LogP contribution < -0.4 is 9.47 Å². The SMILES string of the molecule is CC1CC(C)CN(CC2COc3ccccc3O2)C1. The Morgan fingerprint density at radius 1 is 1.11 bits per heavy atom. The first-order valence-electron chi connectivity index (χ1n) is 7.31. The number of nitrogens with zero attached hydrogens (tertiary/aromatic N) is 1. The first kappa shape index (κ1) is 12.8. The molecule has 0 spiro atoms. The molecule has 1 aromatic rings. The fraction of sp³-hybridized carbons (Fsp3) is 0.625. The lowest BCUT2D eigenvalue weighted by Crippen LogP contribution is -2.46. The number of hydrogen-bond donors (Lipinski definition) is 0. The summed E-state index contributed by atoms with van der Waals surface area (Å²) in [7, 11) is 0. The molecule has 19 heavy (non-hydrogen) atoms. The van der Waals surface area contributed by atoms with E-state index < -0.39 is 0 Å². The van der Waals surface area contributed by atoms with Crippen LogP contribution in [0.15, 0.2) is 24.3 Å². The monoisotopic (exact) mass is 261 g/mol. The molecule has 3 rings (SSSR count). The Labute approximate surface area is 115 Å². The van der Waals surface area contributed by atoms with E-state index >= 15 is 0 Å². The average molecular weight is 261 g/mol. The minimum absolute atomic E-state index is 0.160. The van der Waals surface area contributed by atoms with Crippen LogP contribution in [-0.2, 0) is 0 Å². The second-order valence-corrected chi connectivity index (χ2v) is 6.16. The van der Waals surface area contributed by atoms with Crippen LogP contribution in [0.3, 0.4) is 0 Å². The van der Waals surface area contributed by atoms with E-state index in [9.17, 15) is 0 Å². The van der Waals surface area contributed by atoms with Crippen molar-refractivity contribution in [1.82, 2.24) is 4.90 Å². The van der Waals surface area contributed by atoms with Crippen LogP contribution in [0.5, 0.6) is 11.5 Å². The minimum Gasteiger partial charge on any atom is -0.486 e. The van der Waals surface area contributed by atoms with Gasteiger partial charge in [-0.25, -0.2) is 0 Å². The Morgan fingerprint density at radius 2 is 1.79 bits per heavy atom. The quantitative estimate of drug-likeness (QED) is 0.817. The van der Waals surface area contributed by atoms with Gasteiger partial charge in [-0.2, -0.15) is 0 Å². The summed E-state index contributed by atoms with van der Waals surface area (Å²) in [6, 6.07) is 7.94. The van der Waals surface area contributed by atoms with Crippen LogP contribution in [0.2, 0.25) is 0 Å². The number of para-hydroxylation sites is 2. The van der Waals surface area contributed by atoms with E-state index in [4.69, 9.17) is 9.47 Å². The molecule has 0 bridgehead atoms. The molecule has 3 nitrogen and oxygen atoms in total. The van der Waals surface area contributed by atoms with E-state index in [0.717, 1.165) is 29.9 Å². The molecule has 1 aromatic carbocycles. The molecule has 2 aliphatic rings. The van der Waals surface area contributed by atoms with Crippen molar-refractivity contribution >= 4 is 0 Å². The largest absolute Gasteiger partial charge is 0.486 e. The van der Waals surface area contributed by atoms with Gasteiger partial charge in [0.2, 0.25) is 0 Å². The van der Waals surface area contributed by atoms with E-state index in [0.29, 0.717) is 6.61 Å². The molecule has 1 saturated heterocycles. The standard InChI is InChI=1S/C16H23NO2/c1-12-7-13(2)9-17(8-12)10-14-11-18-15-5-3-4-6-16(15)19-14/h3-6,12-14H,7-11H2,1-2H3.